The van der Waals surface area contributed by atoms with Crippen LogP contribution in [0, 0.1) is 5.41 Å². The molecule has 0 aliphatic carbocycles. The largest absolute Gasteiger partial charge is 0.330 e. The molecule has 1 aliphatic heterocycles. The van der Waals surface area contributed by atoms with Crippen molar-refractivity contribution in [1.82, 2.24) is 9.80 Å². The maximum atomic E-state index is 5.75. The van der Waals surface area contributed by atoms with Crippen LogP contribution >= 0.6 is 0 Å². The van der Waals surface area contributed by atoms with Crippen LogP contribution < -0.4 is 5.73 Å². The average Bonchev–Trinajstić information content (AvgIpc) is 2.21. The molecule has 1 aliphatic rings. The lowest BCUT2D eigenvalue weighted by atomic mass is 9.88. The normalized spacial score (nSPS) is 24.9. The quantitative estimate of drug-likeness (QED) is 0.770. The minimum Gasteiger partial charge on any atom is -0.330 e. The van der Waals surface area contributed by atoms with Gasteiger partial charge < -0.3 is 10.6 Å². The van der Waals surface area contributed by atoms with Crippen molar-refractivity contribution in [3.05, 3.63) is 0 Å². The molecule has 0 aromatic heterocycles. The van der Waals surface area contributed by atoms with Crippen molar-refractivity contribution in [3.63, 3.8) is 0 Å². The molecule has 1 atom stereocenters. The fraction of sp³-hybridized carbons (Fsp3) is 1.00. The van der Waals surface area contributed by atoms with Gasteiger partial charge in [0, 0.05) is 25.7 Å². The molecule has 3 nitrogen and oxygen atoms in total. The molecule has 1 saturated heterocycles. The van der Waals surface area contributed by atoms with E-state index in [0.29, 0.717) is 11.5 Å². The van der Waals surface area contributed by atoms with Gasteiger partial charge in [0.15, 0.2) is 0 Å². The third-order valence-electron chi connectivity index (χ3n) is 3.82. The molecule has 0 saturated carbocycles. The summed E-state index contributed by atoms with van der Waals surface area (Å²) in [5.41, 5.74) is 6.07. The van der Waals surface area contributed by atoms with Crippen molar-refractivity contribution in [2.24, 2.45) is 11.1 Å². The second-order valence-electron chi connectivity index (χ2n) is 6.12. The lowest BCUT2D eigenvalue weighted by molar-refractivity contribution is 0.0953. The monoisotopic (exact) mass is 227 g/mol. The Hall–Kier alpha value is -0.120. The summed E-state index contributed by atoms with van der Waals surface area (Å²) in [4.78, 5) is 5.04. The average molecular weight is 227 g/mol. The number of piperazine rings is 1. The maximum absolute atomic E-state index is 5.75. The fourth-order valence-electron chi connectivity index (χ4n) is 2.37. The van der Waals surface area contributed by atoms with Gasteiger partial charge in [-0.15, -0.1) is 0 Å². The standard InChI is InChI=1S/C13H29N3/c1-12-10-15(4)8-9-16(12)7-5-6-13(2,3)11-14/h12H,5-11,14H2,1-4H3. The molecule has 1 rings (SSSR count). The van der Waals surface area contributed by atoms with E-state index in [0.717, 1.165) is 6.54 Å². The van der Waals surface area contributed by atoms with Gasteiger partial charge in [-0.1, -0.05) is 13.8 Å². The summed E-state index contributed by atoms with van der Waals surface area (Å²) in [6, 6.07) is 0.708. The third kappa shape index (κ3) is 4.40. The lowest BCUT2D eigenvalue weighted by Gasteiger charge is -2.38. The van der Waals surface area contributed by atoms with Crippen LogP contribution in [0.5, 0.6) is 0 Å². The topological polar surface area (TPSA) is 32.5 Å². The first kappa shape index (κ1) is 13.9. The first-order chi connectivity index (χ1) is 7.44. The van der Waals surface area contributed by atoms with Gasteiger partial charge in [-0.3, -0.25) is 4.90 Å². The predicted molar refractivity (Wildman–Crippen MR) is 70.6 cm³/mol. The Bertz CT molecular complexity index is 203. The Morgan fingerprint density at radius 3 is 2.56 bits per heavy atom. The van der Waals surface area contributed by atoms with E-state index < -0.39 is 0 Å². The molecule has 0 aromatic carbocycles. The summed E-state index contributed by atoms with van der Waals surface area (Å²) in [5.74, 6) is 0. The predicted octanol–water partition coefficient (Wildman–Crippen LogP) is 1.39. The number of nitrogens with two attached hydrogens (primary N) is 1. The molecule has 0 radical (unpaired) electrons. The number of likely N-dealkylation sites (N-methyl/N-ethyl adjacent to an activating group) is 1. The van der Waals surface area contributed by atoms with Gasteiger partial charge in [0.05, 0.1) is 0 Å². The fourth-order valence-corrected chi connectivity index (χ4v) is 2.37. The van der Waals surface area contributed by atoms with Crippen molar-refractivity contribution in [2.75, 3.05) is 39.8 Å². The van der Waals surface area contributed by atoms with Crippen LogP contribution in [0.15, 0.2) is 0 Å². The smallest absolute Gasteiger partial charge is 0.0195 e. The second kappa shape index (κ2) is 5.99. The zero-order valence-corrected chi connectivity index (χ0v) is 11.5. The van der Waals surface area contributed by atoms with Crippen LogP contribution in [0.2, 0.25) is 0 Å². The van der Waals surface area contributed by atoms with E-state index in [-0.39, 0.29) is 0 Å². The molecule has 0 spiro atoms. The molecular weight excluding hydrogens is 198 g/mol. The van der Waals surface area contributed by atoms with E-state index in [1.54, 1.807) is 0 Å². The maximum Gasteiger partial charge on any atom is 0.0195 e. The zero-order chi connectivity index (χ0) is 12.2. The van der Waals surface area contributed by atoms with Crippen molar-refractivity contribution in [2.45, 2.75) is 39.7 Å². The van der Waals surface area contributed by atoms with Gasteiger partial charge in [0.1, 0.15) is 0 Å². The van der Waals surface area contributed by atoms with Crippen LogP contribution in [0.3, 0.4) is 0 Å². The molecule has 1 unspecified atom stereocenters. The van der Waals surface area contributed by atoms with Crippen molar-refractivity contribution in [3.8, 4) is 0 Å². The van der Waals surface area contributed by atoms with Crippen LogP contribution in [0.1, 0.15) is 33.6 Å². The van der Waals surface area contributed by atoms with Crippen LogP contribution in [-0.2, 0) is 0 Å². The van der Waals surface area contributed by atoms with Crippen LogP contribution in [-0.4, -0.2) is 55.6 Å². The molecule has 1 fully saturated rings. The highest BCUT2D eigenvalue weighted by molar-refractivity contribution is 4.78. The van der Waals surface area contributed by atoms with Gasteiger partial charge in [-0.25, -0.2) is 0 Å². The number of rotatable bonds is 5. The van der Waals surface area contributed by atoms with Crippen LogP contribution in [0.4, 0.5) is 0 Å². The highest BCUT2D eigenvalue weighted by Crippen LogP contribution is 2.21. The van der Waals surface area contributed by atoms with E-state index in [2.05, 4.69) is 37.6 Å². The number of hydrogen-bond acceptors (Lipinski definition) is 3. The SMILES string of the molecule is CC1CN(C)CCN1CCCC(C)(C)CN. The summed E-state index contributed by atoms with van der Waals surface area (Å²) in [5, 5.41) is 0. The van der Waals surface area contributed by atoms with Crippen molar-refractivity contribution in [1.29, 1.82) is 0 Å². The van der Waals surface area contributed by atoms with Gasteiger partial charge in [-0.05, 0) is 45.3 Å². The number of nitrogens with zero attached hydrogens (tertiary/aromatic N) is 2. The Labute approximate surface area is 101 Å². The minimum absolute atomic E-state index is 0.315. The molecule has 16 heavy (non-hydrogen) atoms. The first-order valence-electron chi connectivity index (χ1n) is 6.57. The molecule has 0 aromatic rings. The van der Waals surface area contributed by atoms with E-state index in [1.165, 1.54) is 39.0 Å². The van der Waals surface area contributed by atoms with E-state index in [9.17, 15) is 0 Å². The van der Waals surface area contributed by atoms with E-state index >= 15 is 0 Å². The van der Waals surface area contributed by atoms with Crippen LogP contribution in [0.25, 0.3) is 0 Å². The van der Waals surface area contributed by atoms with E-state index in [1.807, 2.05) is 0 Å². The molecule has 1 heterocycles. The van der Waals surface area contributed by atoms with Crippen molar-refractivity contribution >= 4 is 0 Å². The molecule has 2 N–H and O–H groups in total. The first-order valence-corrected chi connectivity index (χ1v) is 6.57. The highest BCUT2D eigenvalue weighted by atomic mass is 15.3. The lowest BCUT2D eigenvalue weighted by Crippen LogP contribution is -2.50. The second-order valence-corrected chi connectivity index (χ2v) is 6.12. The van der Waals surface area contributed by atoms with Gasteiger partial charge in [0.2, 0.25) is 0 Å². The Balaban J connectivity index is 2.23. The highest BCUT2D eigenvalue weighted by Gasteiger charge is 2.22. The third-order valence-corrected chi connectivity index (χ3v) is 3.82. The van der Waals surface area contributed by atoms with Crippen molar-refractivity contribution < 1.29 is 0 Å². The molecule has 96 valence electrons. The summed E-state index contributed by atoms with van der Waals surface area (Å²) in [6.45, 7) is 12.5. The Morgan fingerprint density at radius 2 is 2.00 bits per heavy atom. The molecule has 0 amide bonds. The van der Waals surface area contributed by atoms with Gasteiger partial charge >= 0.3 is 0 Å². The summed E-state index contributed by atoms with van der Waals surface area (Å²) < 4.78 is 0. The summed E-state index contributed by atoms with van der Waals surface area (Å²) in [6.07, 6.45) is 2.51. The Morgan fingerprint density at radius 1 is 1.31 bits per heavy atom. The molecular formula is C13H29N3. The minimum atomic E-state index is 0.315. The van der Waals surface area contributed by atoms with E-state index in [4.69, 9.17) is 5.73 Å². The molecule has 0 bridgehead atoms. The summed E-state index contributed by atoms with van der Waals surface area (Å²) >= 11 is 0. The Kier molecular flexibility index (Phi) is 5.22. The summed E-state index contributed by atoms with van der Waals surface area (Å²) in [7, 11) is 2.21. The van der Waals surface area contributed by atoms with Gasteiger partial charge in [-0.2, -0.15) is 0 Å². The van der Waals surface area contributed by atoms with Gasteiger partial charge in [0.25, 0.3) is 0 Å². The molecule has 3 heteroatoms. The number of hydrogen-bond donors (Lipinski definition) is 1. The zero-order valence-electron chi connectivity index (χ0n) is 11.5.